The molecule has 1 unspecified atom stereocenters. The molecule has 4 atom stereocenters. The van der Waals surface area contributed by atoms with E-state index in [4.69, 9.17) is 16.2 Å². The van der Waals surface area contributed by atoms with Crippen molar-refractivity contribution in [2.45, 2.75) is 89.9 Å². The summed E-state index contributed by atoms with van der Waals surface area (Å²) in [6.07, 6.45) is 0.0757. The van der Waals surface area contributed by atoms with Gasteiger partial charge in [-0.1, -0.05) is 44.2 Å². The molecule has 0 saturated carbocycles. The van der Waals surface area contributed by atoms with Crippen molar-refractivity contribution in [3.63, 3.8) is 0 Å². The van der Waals surface area contributed by atoms with Crippen LogP contribution in [0.5, 0.6) is 5.75 Å². The Kier molecular flexibility index (Phi) is 13.8. The minimum atomic E-state index is -4.78. The summed E-state index contributed by atoms with van der Waals surface area (Å²) in [4.78, 5) is 66.9. The number of nitrogens with one attached hydrogen (secondary N) is 1. The SMILES string of the molecule is CC(=O)C(/C=C(\N(C(=O)[C@H](C)NC(=O)[C@@H](N)C(C)C)C(=O)[C@@H](N)Cc1ccc(O)cc1)S(=O)(=O)c1ccccc1)CC(=O)OC(C)(C)C. The molecule has 262 valence electrons. The smallest absolute Gasteiger partial charge is 0.307 e. The van der Waals surface area contributed by atoms with Crippen LogP contribution in [0.3, 0.4) is 0 Å². The van der Waals surface area contributed by atoms with Gasteiger partial charge in [-0.05, 0) is 82.9 Å². The number of nitrogens with two attached hydrogens (primary N) is 2. The van der Waals surface area contributed by atoms with Crippen molar-refractivity contribution in [2.75, 3.05) is 0 Å². The standard InChI is InChI=1S/C34H46N4O9S/c1-20(2)30(36)31(42)37-21(3)32(43)38(33(44)27(35)17-23-13-15-25(40)16-14-23)28(48(45,46)26-11-9-8-10-12-26)18-24(22(4)39)19-29(41)47-34(5,6)7/h8-16,18,20-21,24,27,30,40H,17,19,35-36H2,1-7H3,(H,37,42)/b28-18+/t21-,24?,27-,30-/m0/s1. The number of carbonyl (C=O) groups is 5. The summed E-state index contributed by atoms with van der Waals surface area (Å²) in [7, 11) is -4.78. The van der Waals surface area contributed by atoms with Gasteiger partial charge in [0.05, 0.1) is 23.4 Å². The molecule has 48 heavy (non-hydrogen) atoms. The van der Waals surface area contributed by atoms with Crippen molar-refractivity contribution in [2.24, 2.45) is 23.3 Å². The second kappa shape index (κ2) is 16.6. The highest BCUT2D eigenvalue weighted by molar-refractivity contribution is 7.95. The highest BCUT2D eigenvalue weighted by atomic mass is 32.2. The Morgan fingerprint density at radius 3 is 2.00 bits per heavy atom. The number of imide groups is 1. The Morgan fingerprint density at radius 2 is 1.50 bits per heavy atom. The van der Waals surface area contributed by atoms with E-state index in [1.807, 2.05) is 0 Å². The van der Waals surface area contributed by atoms with Crippen molar-refractivity contribution >= 4 is 39.3 Å². The van der Waals surface area contributed by atoms with Crippen LogP contribution in [0.25, 0.3) is 0 Å². The van der Waals surface area contributed by atoms with E-state index in [0.29, 0.717) is 10.5 Å². The van der Waals surface area contributed by atoms with Gasteiger partial charge in [-0.15, -0.1) is 0 Å². The van der Waals surface area contributed by atoms with Gasteiger partial charge in [-0.3, -0.25) is 24.0 Å². The number of aromatic hydroxyl groups is 1. The van der Waals surface area contributed by atoms with Gasteiger partial charge in [0.1, 0.15) is 28.2 Å². The second-order valence-electron chi connectivity index (χ2n) is 12.8. The summed E-state index contributed by atoms with van der Waals surface area (Å²) in [5, 5.41) is 11.2. The third-order valence-corrected chi connectivity index (χ3v) is 8.88. The number of amides is 3. The fourth-order valence-electron chi connectivity index (χ4n) is 4.39. The summed E-state index contributed by atoms with van der Waals surface area (Å²) in [6.45, 7) is 10.6. The quantitative estimate of drug-likeness (QED) is 0.212. The molecule has 2 aromatic rings. The summed E-state index contributed by atoms with van der Waals surface area (Å²) >= 11 is 0. The monoisotopic (exact) mass is 686 g/mol. The third kappa shape index (κ3) is 11.1. The number of phenolic OH excluding ortho intramolecular Hbond substituents is 1. The number of ketones is 1. The van der Waals surface area contributed by atoms with Crippen molar-refractivity contribution in [1.29, 1.82) is 0 Å². The van der Waals surface area contributed by atoms with Crippen LogP contribution in [-0.4, -0.2) is 71.6 Å². The van der Waals surface area contributed by atoms with Crippen LogP contribution in [0.4, 0.5) is 0 Å². The number of allylic oxidation sites excluding steroid dienone is 1. The predicted molar refractivity (Wildman–Crippen MR) is 178 cm³/mol. The molecule has 0 aliphatic rings. The normalized spacial score (nSPS) is 14.8. The van der Waals surface area contributed by atoms with Gasteiger partial charge < -0.3 is 26.6 Å². The number of phenols is 1. The molecule has 0 spiro atoms. The minimum absolute atomic E-state index is 0.0425. The van der Waals surface area contributed by atoms with E-state index in [1.54, 1.807) is 40.7 Å². The third-order valence-electron chi connectivity index (χ3n) is 7.12. The van der Waals surface area contributed by atoms with Gasteiger partial charge in [0, 0.05) is 5.92 Å². The molecule has 3 amide bonds. The van der Waals surface area contributed by atoms with Crippen molar-refractivity contribution in [3.05, 3.63) is 71.3 Å². The van der Waals surface area contributed by atoms with Crippen LogP contribution in [0.15, 0.2) is 70.6 Å². The van der Waals surface area contributed by atoms with Crippen LogP contribution in [0.2, 0.25) is 0 Å². The number of Topliss-reactive ketones (excluding diaryl/α,β-unsaturated/α-hetero) is 1. The second-order valence-corrected chi connectivity index (χ2v) is 14.7. The van der Waals surface area contributed by atoms with Crippen LogP contribution < -0.4 is 16.8 Å². The number of rotatable bonds is 14. The maximum Gasteiger partial charge on any atom is 0.307 e. The van der Waals surface area contributed by atoms with Gasteiger partial charge in [-0.2, -0.15) is 0 Å². The Balaban J connectivity index is 2.82. The fourth-order valence-corrected chi connectivity index (χ4v) is 5.91. The maximum absolute atomic E-state index is 14.3. The molecular formula is C34H46N4O9S. The molecule has 0 saturated heterocycles. The van der Waals surface area contributed by atoms with Crippen molar-refractivity contribution < 1.29 is 42.2 Å². The number of sulfone groups is 1. The number of hydrogen-bond donors (Lipinski definition) is 4. The van der Waals surface area contributed by atoms with Gasteiger partial charge in [0.25, 0.3) is 11.8 Å². The summed E-state index contributed by atoms with van der Waals surface area (Å²) < 4.78 is 33.9. The van der Waals surface area contributed by atoms with E-state index in [-0.39, 0.29) is 23.0 Å². The maximum atomic E-state index is 14.3. The first-order valence-electron chi connectivity index (χ1n) is 15.4. The molecular weight excluding hydrogens is 640 g/mol. The number of esters is 1. The van der Waals surface area contributed by atoms with Gasteiger partial charge in [0.2, 0.25) is 15.7 Å². The molecule has 6 N–H and O–H groups in total. The van der Waals surface area contributed by atoms with Crippen LogP contribution >= 0.6 is 0 Å². The molecule has 2 aromatic carbocycles. The Hall–Kier alpha value is -4.40. The fraction of sp³-hybridized carbons (Fsp3) is 0.441. The Bertz CT molecular complexity index is 1620. The number of benzene rings is 2. The lowest BCUT2D eigenvalue weighted by atomic mass is 10.0. The Labute approximate surface area is 281 Å². The molecule has 0 radical (unpaired) electrons. The lowest BCUT2D eigenvalue weighted by molar-refractivity contribution is -0.156. The van der Waals surface area contributed by atoms with Crippen LogP contribution in [0, 0.1) is 11.8 Å². The van der Waals surface area contributed by atoms with Gasteiger partial charge in [-0.25, -0.2) is 13.3 Å². The molecule has 0 fully saturated rings. The molecule has 0 heterocycles. The molecule has 2 rings (SSSR count). The van der Waals surface area contributed by atoms with Crippen LogP contribution in [-0.2, 0) is 45.0 Å². The van der Waals surface area contributed by atoms with E-state index in [1.165, 1.54) is 55.5 Å². The van der Waals surface area contributed by atoms with Gasteiger partial charge in [0.15, 0.2) is 0 Å². The number of hydrogen-bond acceptors (Lipinski definition) is 11. The van der Waals surface area contributed by atoms with E-state index >= 15 is 0 Å². The topological polar surface area (TPSA) is 216 Å². The summed E-state index contributed by atoms with van der Waals surface area (Å²) in [5.74, 6) is -6.38. The van der Waals surface area contributed by atoms with E-state index in [0.717, 1.165) is 13.0 Å². The molecule has 0 bridgehead atoms. The molecule has 0 aromatic heterocycles. The number of nitrogens with zero attached hydrogens (tertiary/aromatic N) is 1. The predicted octanol–water partition coefficient (Wildman–Crippen LogP) is 2.36. The van der Waals surface area contributed by atoms with E-state index < -0.39 is 80.4 Å². The lowest BCUT2D eigenvalue weighted by Gasteiger charge is -2.30. The largest absolute Gasteiger partial charge is 0.508 e. The molecule has 0 aliphatic heterocycles. The minimum Gasteiger partial charge on any atom is -0.508 e. The summed E-state index contributed by atoms with van der Waals surface area (Å²) in [5.41, 5.74) is 11.8. The molecule has 0 aliphatic carbocycles. The number of carbonyl (C=O) groups excluding carboxylic acids is 5. The molecule has 14 heteroatoms. The first-order valence-corrected chi connectivity index (χ1v) is 16.9. The average molecular weight is 687 g/mol. The zero-order valence-corrected chi connectivity index (χ0v) is 29.1. The number of ether oxygens (including phenoxy) is 1. The van der Waals surface area contributed by atoms with Crippen LogP contribution in [0.1, 0.15) is 60.5 Å². The zero-order chi connectivity index (χ0) is 36.6. The first-order chi connectivity index (χ1) is 22.1. The lowest BCUT2D eigenvalue weighted by Crippen LogP contribution is -2.56. The highest BCUT2D eigenvalue weighted by Gasteiger charge is 2.40. The highest BCUT2D eigenvalue weighted by Crippen LogP contribution is 2.28. The first kappa shape index (κ1) is 39.8. The Morgan fingerprint density at radius 1 is 0.938 bits per heavy atom. The average Bonchev–Trinajstić information content (AvgIpc) is 2.99. The molecule has 13 nitrogen and oxygen atoms in total. The van der Waals surface area contributed by atoms with E-state index in [9.17, 15) is 37.5 Å². The zero-order valence-electron chi connectivity index (χ0n) is 28.3. The van der Waals surface area contributed by atoms with Crippen molar-refractivity contribution in [3.8, 4) is 5.75 Å². The van der Waals surface area contributed by atoms with E-state index in [2.05, 4.69) is 5.32 Å². The summed E-state index contributed by atoms with van der Waals surface area (Å²) in [6, 6.07) is 8.55. The van der Waals surface area contributed by atoms with Crippen molar-refractivity contribution in [1.82, 2.24) is 10.2 Å². The van der Waals surface area contributed by atoms with Gasteiger partial charge >= 0.3 is 5.97 Å².